The third-order valence-electron chi connectivity index (χ3n) is 7.28. The lowest BCUT2D eigenvalue weighted by atomic mass is 10.1. The van der Waals surface area contributed by atoms with Crippen LogP contribution in [0.4, 0.5) is 11.4 Å². The van der Waals surface area contributed by atoms with Crippen molar-refractivity contribution < 1.29 is 17.9 Å². The number of hydrogen-bond acceptors (Lipinski definition) is 6. The predicted octanol–water partition coefficient (Wildman–Crippen LogP) is 4.41. The number of aromatic nitrogens is 2. The number of ether oxygens (including phenoxy) is 1. The SMILES string of the molecule is O=C(Nc1cc(S(=O)(=O)N2CCOCC2)ccc1N1CCCC1)c1cc(-c2ccccc2)nn1-c1ccccc1. The highest BCUT2D eigenvalue weighted by Gasteiger charge is 2.29. The summed E-state index contributed by atoms with van der Waals surface area (Å²) >= 11 is 0. The fraction of sp³-hybridized carbons (Fsp3) is 0.267. The van der Waals surface area contributed by atoms with E-state index in [0.717, 1.165) is 42.9 Å². The van der Waals surface area contributed by atoms with Crippen molar-refractivity contribution in [2.24, 2.45) is 0 Å². The van der Waals surface area contributed by atoms with Gasteiger partial charge in [0.05, 0.1) is 40.9 Å². The van der Waals surface area contributed by atoms with Gasteiger partial charge in [-0.15, -0.1) is 0 Å². The molecule has 1 N–H and O–H groups in total. The molecule has 2 aliphatic rings. The molecule has 4 aromatic rings. The summed E-state index contributed by atoms with van der Waals surface area (Å²) in [6, 6.07) is 26.0. The molecule has 2 fully saturated rings. The van der Waals surface area contributed by atoms with Crippen molar-refractivity contribution in [2.75, 3.05) is 49.6 Å². The maximum Gasteiger partial charge on any atom is 0.274 e. The van der Waals surface area contributed by atoms with E-state index in [1.807, 2.05) is 60.7 Å². The number of carbonyl (C=O) groups is 1. The first-order valence-electron chi connectivity index (χ1n) is 13.5. The summed E-state index contributed by atoms with van der Waals surface area (Å²) < 4.78 is 35.3. The maximum absolute atomic E-state index is 13.9. The molecule has 3 heterocycles. The van der Waals surface area contributed by atoms with E-state index in [-0.39, 0.29) is 10.8 Å². The molecule has 40 heavy (non-hydrogen) atoms. The number of nitrogens with zero attached hydrogens (tertiary/aromatic N) is 4. The molecule has 0 spiro atoms. The highest BCUT2D eigenvalue weighted by molar-refractivity contribution is 7.89. The number of amides is 1. The summed E-state index contributed by atoms with van der Waals surface area (Å²) in [5, 5.41) is 7.81. The van der Waals surface area contributed by atoms with Gasteiger partial charge in [-0.3, -0.25) is 4.79 Å². The van der Waals surface area contributed by atoms with Crippen LogP contribution in [0.1, 0.15) is 23.3 Å². The number of carbonyl (C=O) groups excluding carboxylic acids is 1. The van der Waals surface area contributed by atoms with E-state index in [9.17, 15) is 13.2 Å². The van der Waals surface area contributed by atoms with Crippen molar-refractivity contribution >= 4 is 27.3 Å². The molecule has 2 saturated heterocycles. The zero-order valence-electron chi connectivity index (χ0n) is 22.1. The number of para-hydroxylation sites is 1. The second-order valence-electron chi connectivity index (χ2n) is 9.87. The van der Waals surface area contributed by atoms with Crippen LogP contribution in [0.3, 0.4) is 0 Å². The van der Waals surface area contributed by atoms with Gasteiger partial charge in [0.1, 0.15) is 5.69 Å². The Balaban J connectivity index is 1.39. The van der Waals surface area contributed by atoms with Gasteiger partial charge in [0.2, 0.25) is 10.0 Å². The topological polar surface area (TPSA) is 96.8 Å². The van der Waals surface area contributed by atoms with E-state index in [2.05, 4.69) is 10.2 Å². The highest BCUT2D eigenvalue weighted by atomic mass is 32.2. The molecule has 9 nitrogen and oxygen atoms in total. The largest absolute Gasteiger partial charge is 0.379 e. The Bertz CT molecular complexity index is 1590. The van der Waals surface area contributed by atoms with E-state index in [1.165, 1.54) is 4.31 Å². The lowest BCUT2D eigenvalue weighted by Crippen LogP contribution is -2.40. The van der Waals surface area contributed by atoms with Crippen molar-refractivity contribution in [1.82, 2.24) is 14.1 Å². The Hall–Kier alpha value is -3.99. The molecule has 0 atom stereocenters. The molecule has 0 bridgehead atoms. The van der Waals surface area contributed by atoms with Gasteiger partial charge >= 0.3 is 0 Å². The lowest BCUT2D eigenvalue weighted by molar-refractivity contribution is 0.0730. The van der Waals surface area contributed by atoms with Gasteiger partial charge in [0, 0.05) is 31.7 Å². The van der Waals surface area contributed by atoms with Gasteiger partial charge < -0.3 is 15.0 Å². The van der Waals surface area contributed by atoms with Crippen molar-refractivity contribution in [2.45, 2.75) is 17.7 Å². The molecule has 6 rings (SSSR count). The molecule has 2 aliphatic heterocycles. The summed E-state index contributed by atoms with van der Waals surface area (Å²) in [6.07, 6.45) is 2.09. The van der Waals surface area contributed by atoms with Crippen LogP contribution in [0.15, 0.2) is 89.8 Å². The predicted molar refractivity (Wildman–Crippen MR) is 154 cm³/mol. The van der Waals surface area contributed by atoms with Crippen LogP contribution in [-0.4, -0.2) is 67.8 Å². The average Bonchev–Trinajstić information content (AvgIpc) is 3.70. The summed E-state index contributed by atoms with van der Waals surface area (Å²) in [5.41, 5.74) is 3.92. The fourth-order valence-electron chi connectivity index (χ4n) is 5.19. The van der Waals surface area contributed by atoms with Gasteiger partial charge in [-0.05, 0) is 49.2 Å². The van der Waals surface area contributed by atoms with Crippen LogP contribution >= 0.6 is 0 Å². The minimum Gasteiger partial charge on any atom is -0.379 e. The van der Waals surface area contributed by atoms with Crippen molar-refractivity contribution in [3.05, 3.63) is 90.6 Å². The molecule has 1 aromatic heterocycles. The number of benzene rings is 3. The van der Waals surface area contributed by atoms with E-state index < -0.39 is 10.0 Å². The van der Waals surface area contributed by atoms with Crippen molar-refractivity contribution in [3.8, 4) is 16.9 Å². The van der Waals surface area contributed by atoms with Gasteiger partial charge in [-0.1, -0.05) is 48.5 Å². The zero-order chi connectivity index (χ0) is 27.5. The first-order chi connectivity index (χ1) is 19.5. The quantitative estimate of drug-likeness (QED) is 0.362. The fourth-order valence-corrected chi connectivity index (χ4v) is 6.63. The van der Waals surface area contributed by atoms with Crippen LogP contribution in [0.2, 0.25) is 0 Å². The molecule has 3 aromatic carbocycles. The second kappa shape index (κ2) is 11.2. The molecule has 0 aliphatic carbocycles. The van der Waals surface area contributed by atoms with E-state index in [4.69, 9.17) is 9.84 Å². The molecule has 0 saturated carbocycles. The average molecular weight is 558 g/mol. The molecule has 0 radical (unpaired) electrons. The third kappa shape index (κ3) is 5.25. The van der Waals surface area contributed by atoms with Crippen molar-refractivity contribution in [1.29, 1.82) is 0 Å². The van der Waals surface area contributed by atoms with E-state index in [0.29, 0.717) is 43.4 Å². The number of hydrogen-bond donors (Lipinski definition) is 1. The molecule has 0 unspecified atom stereocenters. The maximum atomic E-state index is 13.9. The summed E-state index contributed by atoms with van der Waals surface area (Å²) in [5.74, 6) is -0.375. The Kier molecular flexibility index (Phi) is 7.38. The number of rotatable bonds is 7. The summed E-state index contributed by atoms with van der Waals surface area (Å²) in [4.78, 5) is 16.2. The Morgan fingerprint density at radius 3 is 2.20 bits per heavy atom. The third-order valence-corrected chi connectivity index (χ3v) is 9.18. The van der Waals surface area contributed by atoms with Crippen LogP contribution in [0.25, 0.3) is 16.9 Å². The normalized spacial score (nSPS) is 16.2. The van der Waals surface area contributed by atoms with Gasteiger partial charge in [-0.2, -0.15) is 9.40 Å². The molecule has 10 heteroatoms. The summed E-state index contributed by atoms with van der Waals surface area (Å²) in [6.45, 7) is 3.02. The minimum absolute atomic E-state index is 0.147. The molecular formula is C30H31N5O4S. The molecule has 206 valence electrons. The monoisotopic (exact) mass is 557 g/mol. The highest BCUT2D eigenvalue weighted by Crippen LogP contribution is 2.33. The molecular weight excluding hydrogens is 526 g/mol. The van der Waals surface area contributed by atoms with Crippen molar-refractivity contribution in [3.63, 3.8) is 0 Å². The standard InChI is InChI=1S/C30H31N5O4S/c36-30(29-22-26(23-9-3-1-4-10-23)32-35(29)24-11-5-2-6-12-24)31-27-21-25(13-14-28(27)33-15-7-8-16-33)40(37,38)34-17-19-39-20-18-34/h1-6,9-14,21-22H,7-8,15-20H2,(H,31,36). The van der Waals surface area contributed by atoms with Crippen LogP contribution in [0.5, 0.6) is 0 Å². The number of nitrogens with one attached hydrogen (secondary N) is 1. The first-order valence-corrected chi connectivity index (χ1v) is 14.9. The second-order valence-corrected chi connectivity index (χ2v) is 11.8. The zero-order valence-corrected chi connectivity index (χ0v) is 22.9. The summed E-state index contributed by atoms with van der Waals surface area (Å²) in [7, 11) is -3.74. The Morgan fingerprint density at radius 2 is 1.50 bits per heavy atom. The smallest absolute Gasteiger partial charge is 0.274 e. The van der Waals surface area contributed by atoms with Crippen LogP contribution < -0.4 is 10.2 Å². The Morgan fingerprint density at radius 1 is 0.825 bits per heavy atom. The molecule has 1 amide bonds. The lowest BCUT2D eigenvalue weighted by Gasteiger charge is -2.27. The number of sulfonamides is 1. The first kappa shape index (κ1) is 26.2. The Labute approximate surface area is 234 Å². The van der Waals surface area contributed by atoms with E-state index in [1.54, 1.807) is 28.9 Å². The number of morpholine rings is 1. The van der Waals surface area contributed by atoms with Crippen LogP contribution in [-0.2, 0) is 14.8 Å². The number of anilines is 2. The van der Waals surface area contributed by atoms with Gasteiger partial charge in [-0.25, -0.2) is 13.1 Å². The van der Waals surface area contributed by atoms with Gasteiger partial charge in [0.15, 0.2) is 0 Å². The van der Waals surface area contributed by atoms with Crippen LogP contribution in [0, 0.1) is 0 Å². The van der Waals surface area contributed by atoms with E-state index >= 15 is 0 Å². The van der Waals surface area contributed by atoms with Gasteiger partial charge in [0.25, 0.3) is 5.91 Å². The minimum atomic E-state index is -3.74.